The van der Waals surface area contributed by atoms with Crippen LogP contribution in [0, 0.1) is 0 Å². The first kappa shape index (κ1) is 8.70. The van der Waals surface area contributed by atoms with Crippen molar-refractivity contribution in [1.82, 2.24) is 0 Å². The first-order valence-corrected chi connectivity index (χ1v) is 4.75. The normalized spacial score (nSPS) is 19.4. The fourth-order valence-corrected chi connectivity index (χ4v) is 1.77. The highest BCUT2D eigenvalue weighted by molar-refractivity contribution is 6.18. The maximum Gasteiger partial charge on any atom is 0.123 e. The molecule has 0 bridgehead atoms. The Morgan fingerprint density at radius 2 is 2.46 bits per heavy atom. The number of methoxy groups -OCH3 is 1. The molecule has 1 aromatic carbocycles. The van der Waals surface area contributed by atoms with Gasteiger partial charge in [-0.1, -0.05) is 0 Å². The molecule has 0 aliphatic carbocycles. The van der Waals surface area contributed by atoms with Crippen LogP contribution >= 0.6 is 11.6 Å². The molecule has 1 heterocycles. The van der Waals surface area contributed by atoms with Gasteiger partial charge in [0.2, 0.25) is 0 Å². The van der Waals surface area contributed by atoms with Crippen LogP contribution < -0.4 is 9.47 Å². The second kappa shape index (κ2) is 3.46. The monoisotopic (exact) mass is 198 g/mol. The highest BCUT2D eigenvalue weighted by Crippen LogP contribution is 2.36. The van der Waals surface area contributed by atoms with E-state index >= 15 is 0 Å². The van der Waals surface area contributed by atoms with Crippen molar-refractivity contribution in [1.29, 1.82) is 0 Å². The van der Waals surface area contributed by atoms with Gasteiger partial charge in [-0.15, -0.1) is 11.6 Å². The van der Waals surface area contributed by atoms with E-state index in [0.717, 1.165) is 17.1 Å². The fraction of sp³-hybridized carbons (Fsp3) is 0.400. The van der Waals surface area contributed by atoms with Crippen molar-refractivity contribution in [2.75, 3.05) is 19.6 Å². The van der Waals surface area contributed by atoms with Gasteiger partial charge in [-0.2, -0.15) is 0 Å². The molecule has 2 nitrogen and oxygen atoms in total. The van der Waals surface area contributed by atoms with E-state index in [9.17, 15) is 0 Å². The van der Waals surface area contributed by atoms with Crippen molar-refractivity contribution in [3.63, 3.8) is 0 Å². The first-order valence-electron chi connectivity index (χ1n) is 4.22. The average Bonchev–Trinajstić information content (AvgIpc) is 2.59. The van der Waals surface area contributed by atoms with Crippen LogP contribution in [0.2, 0.25) is 0 Å². The van der Waals surface area contributed by atoms with E-state index in [0.29, 0.717) is 18.4 Å². The van der Waals surface area contributed by atoms with Crippen LogP contribution in [0.25, 0.3) is 0 Å². The number of rotatable bonds is 2. The Hall–Kier alpha value is -0.890. The molecule has 0 aromatic heterocycles. The lowest BCUT2D eigenvalue weighted by Gasteiger charge is -2.05. The summed E-state index contributed by atoms with van der Waals surface area (Å²) in [5, 5.41) is 0. The summed E-state index contributed by atoms with van der Waals surface area (Å²) in [4.78, 5) is 0. The summed E-state index contributed by atoms with van der Waals surface area (Å²) in [6.07, 6.45) is 0. The van der Waals surface area contributed by atoms with E-state index in [1.54, 1.807) is 7.11 Å². The summed E-state index contributed by atoms with van der Waals surface area (Å²) in [6, 6.07) is 5.82. The molecule has 0 N–H and O–H groups in total. The van der Waals surface area contributed by atoms with E-state index in [-0.39, 0.29) is 0 Å². The van der Waals surface area contributed by atoms with Gasteiger partial charge >= 0.3 is 0 Å². The van der Waals surface area contributed by atoms with Crippen molar-refractivity contribution >= 4 is 11.6 Å². The molecule has 1 atom stereocenters. The summed E-state index contributed by atoms with van der Waals surface area (Å²) >= 11 is 5.81. The van der Waals surface area contributed by atoms with Crippen molar-refractivity contribution < 1.29 is 9.47 Å². The Morgan fingerprint density at radius 3 is 3.15 bits per heavy atom. The number of ether oxygens (including phenoxy) is 2. The smallest absolute Gasteiger partial charge is 0.123 e. The Morgan fingerprint density at radius 1 is 1.62 bits per heavy atom. The lowest BCUT2D eigenvalue weighted by atomic mass is 10.0. The van der Waals surface area contributed by atoms with Crippen LogP contribution in [0.1, 0.15) is 11.5 Å². The molecule has 1 aliphatic heterocycles. The third-order valence-electron chi connectivity index (χ3n) is 2.28. The topological polar surface area (TPSA) is 18.5 Å². The molecule has 2 rings (SSSR count). The molecule has 0 saturated heterocycles. The average molecular weight is 199 g/mol. The molecular weight excluding hydrogens is 188 g/mol. The maximum absolute atomic E-state index is 5.81. The minimum absolute atomic E-state index is 0.312. The lowest BCUT2D eigenvalue weighted by Crippen LogP contribution is -2.01. The molecule has 3 heteroatoms. The number of hydrogen-bond acceptors (Lipinski definition) is 2. The van der Waals surface area contributed by atoms with Gasteiger partial charge in [0.1, 0.15) is 11.5 Å². The van der Waals surface area contributed by atoms with Crippen LogP contribution in [0.4, 0.5) is 0 Å². The Balaban J connectivity index is 2.37. The van der Waals surface area contributed by atoms with Crippen LogP contribution in [0.3, 0.4) is 0 Å². The second-order valence-electron chi connectivity index (χ2n) is 3.07. The number of alkyl halides is 1. The molecule has 1 unspecified atom stereocenters. The van der Waals surface area contributed by atoms with Gasteiger partial charge in [-0.25, -0.2) is 0 Å². The summed E-state index contributed by atoms with van der Waals surface area (Å²) in [7, 11) is 1.66. The number of hydrogen-bond donors (Lipinski definition) is 0. The van der Waals surface area contributed by atoms with Gasteiger partial charge in [0.05, 0.1) is 13.7 Å². The first-order chi connectivity index (χ1) is 6.35. The Labute approximate surface area is 82.4 Å². The number of halogens is 1. The molecule has 13 heavy (non-hydrogen) atoms. The summed E-state index contributed by atoms with van der Waals surface area (Å²) in [5.74, 6) is 2.71. The summed E-state index contributed by atoms with van der Waals surface area (Å²) < 4.78 is 10.6. The minimum atomic E-state index is 0.312. The van der Waals surface area contributed by atoms with Gasteiger partial charge in [0.15, 0.2) is 0 Å². The molecule has 0 spiro atoms. The maximum atomic E-state index is 5.81. The SMILES string of the molecule is COc1ccc2c(c1)C(CCl)CO2. The molecule has 1 aliphatic rings. The molecular formula is C10H11ClO2. The zero-order valence-electron chi connectivity index (χ0n) is 7.42. The quantitative estimate of drug-likeness (QED) is 0.680. The predicted octanol–water partition coefficient (Wildman–Crippen LogP) is 2.41. The van der Waals surface area contributed by atoms with E-state index in [4.69, 9.17) is 21.1 Å². The standard InChI is InChI=1S/C10H11ClO2/c1-12-8-2-3-10-9(4-8)7(5-11)6-13-10/h2-4,7H,5-6H2,1H3. The van der Waals surface area contributed by atoms with E-state index in [1.807, 2.05) is 18.2 Å². The van der Waals surface area contributed by atoms with Gasteiger partial charge < -0.3 is 9.47 Å². The zero-order valence-corrected chi connectivity index (χ0v) is 8.17. The fourth-order valence-electron chi connectivity index (χ4n) is 1.51. The largest absolute Gasteiger partial charge is 0.497 e. The number of fused-ring (bicyclic) bond motifs is 1. The summed E-state index contributed by atoms with van der Waals surface area (Å²) in [6.45, 7) is 0.687. The Bertz CT molecular complexity index is 312. The molecule has 0 amide bonds. The van der Waals surface area contributed by atoms with Crippen molar-refractivity contribution in [3.8, 4) is 11.5 Å². The van der Waals surface area contributed by atoms with E-state index < -0.39 is 0 Å². The molecule has 1 aromatic rings. The third-order valence-corrected chi connectivity index (χ3v) is 2.66. The van der Waals surface area contributed by atoms with Crippen LogP contribution in [-0.2, 0) is 0 Å². The van der Waals surface area contributed by atoms with Crippen molar-refractivity contribution in [2.24, 2.45) is 0 Å². The predicted molar refractivity (Wildman–Crippen MR) is 52.0 cm³/mol. The summed E-state index contributed by atoms with van der Waals surface area (Å²) in [5.41, 5.74) is 1.16. The van der Waals surface area contributed by atoms with Gasteiger partial charge in [-0.05, 0) is 18.2 Å². The van der Waals surface area contributed by atoms with Gasteiger partial charge in [-0.3, -0.25) is 0 Å². The highest BCUT2D eigenvalue weighted by atomic mass is 35.5. The molecule has 70 valence electrons. The minimum Gasteiger partial charge on any atom is -0.497 e. The van der Waals surface area contributed by atoms with Crippen LogP contribution in [0.5, 0.6) is 11.5 Å². The molecule has 0 radical (unpaired) electrons. The highest BCUT2D eigenvalue weighted by Gasteiger charge is 2.23. The molecule has 0 fully saturated rings. The van der Waals surface area contributed by atoms with Crippen molar-refractivity contribution in [2.45, 2.75) is 5.92 Å². The van der Waals surface area contributed by atoms with Crippen molar-refractivity contribution in [3.05, 3.63) is 23.8 Å². The second-order valence-corrected chi connectivity index (χ2v) is 3.37. The van der Waals surface area contributed by atoms with Crippen LogP contribution in [0.15, 0.2) is 18.2 Å². The Kier molecular flexibility index (Phi) is 2.32. The van der Waals surface area contributed by atoms with Gasteiger partial charge in [0.25, 0.3) is 0 Å². The van der Waals surface area contributed by atoms with E-state index in [2.05, 4.69) is 0 Å². The zero-order chi connectivity index (χ0) is 9.26. The van der Waals surface area contributed by atoms with E-state index in [1.165, 1.54) is 0 Å². The third kappa shape index (κ3) is 1.46. The molecule has 0 saturated carbocycles. The number of benzene rings is 1. The lowest BCUT2D eigenvalue weighted by molar-refractivity contribution is 0.338. The van der Waals surface area contributed by atoms with Gasteiger partial charge in [0, 0.05) is 17.4 Å². The van der Waals surface area contributed by atoms with Crippen LogP contribution in [-0.4, -0.2) is 19.6 Å².